The molecule has 25 heavy (non-hydrogen) atoms. The molecule has 1 aliphatic heterocycles. The molecular weight excluding hydrogens is 327 g/mol. The number of aryl methyl sites for hydroxylation is 1. The number of hydrogen-bond donors (Lipinski definition) is 2. The van der Waals surface area contributed by atoms with Gasteiger partial charge in [-0.3, -0.25) is 10.1 Å². The second kappa shape index (κ2) is 6.60. The molecule has 2 N–H and O–H groups in total. The number of nitrogens with one attached hydrogen (secondary N) is 2. The summed E-state index contributed by atoms with van der Waals surface area (Å²) in [6.45, 7) is 1.79. The van der Waals surface area contributed by atoms with Crippen molar-refractivity contribution in [1.29, 1.82) is 0 Å². The first-order valence-corrected chi connectivity index (χ1v) is 7.41. The molecule has 128 valence electrons. The van der Waals surface area contributed by atoms with E-state index in [1.165, 1.54) is 23.1 Å². The Balaban J connectivity index is 1.78. The molecule has 0 unspecified atom stereocenters. The van der Waals surface area contributed by atoms with E-state index in [2.05, 4.69) is 15.6 Å². The molecular formula is C17H15FN4O3. The summed E-state index contributed by atoms with van der Waals surface area (Å²) in [5.74, 6) is 0.258. The highest BCUT2D eigenvalue weighted by molar-refractivity contribution is 6.17. The van der Waals surface area contributed by atoms with Gasteiger partial charge < -0.3 is 14.6 Å². The number of guanidine groups is 1. The molecule has 1 aliphatic rings. The van der Waals surface area contributed by atoms with Gasteiger partial charge in [0.15, 0.2) is 0 Å². The number of likely N-dealkylation sites (N-methyl/N-ethyl adjacent to an activating group) is 1. The number of anilines is 1. The van der Waals surface area contributed by atoms with Gasteiger partial charge in [-0.15, -0.1) is 0 Å². The highest BCUT2D eigenvalue weighted by Gasteiger charge is 2.29. The Hall–Kier alpha value is -3.42. The summed E-state index contributed by atoms with van der Waals surface area (Å²) in [4.78, 5) is 29.2. The molecule has 0 spiro atoms. The third-order valence-corrected chi connectivity index (χ3v) is 3.50. The Labute approximate surface area is 142 Å². The van der Waals surface area contributed by atoms with Crippen LogP contribution in [0.4, 0.5) is 14.9 Å². The van der Waals surface area contributed by atoms with Gasteiger partial charge in [-0.2, -0.15) is 4.99 Å². The van der Waals surface area contributed by atoms with E-state index >= 15 is 0 Å². The zero-order chi connectivity index (χ0) is 18.0. The molecule has 3 rings (SSSR count). The highest BCUT2D eigenvalue weighted by atomic mass is 19.1. The molecule has 0 atom stereocenters. The van der Waals surface area contributed by atoms with Crippen molar-refractivity contribution < 1.29 is 18.4 Å². The Morgan fingerprint density at radius 3 is 2.76 bits per heavy atom. The lowest BCUT2D eigenvalue weighted by molar-refractivity contribution is -0.115. The minimum absolute atomic E-state index is 0.00523. The van der Waals surface area contributed by atoms with Crippen molar-refractivity contribution >= 4 is 29.7 Å². The summed E-state index contributed by atoms with van der Waals surface area (Å²) in [5, 5.41) is 4.81. The van der Waals surface area contributed by atoms with Crippen LogP contribution in [-0.2, 0) is 4.79 Å². The smallest absolute Gasteiger partial charge is 0.348 e. The van der Waals surface area contributed by atoms with Gasteiger partial charge in [-0.05, 0) is 31.2 Å². The van der Waals surface area contributed by atoms with Gasteiger partial charge in [0.1, 0.15) is 23.0 Å². The van der Waals surface area contributed by atoms with Crippen LogP contribution in [0.3, 0.4) is 0 Å². The van der Waals surface area contributed by atoms with Gasteiger partial charge in [0.05, 0.1) is 5.69 Å². The second-order valence-corrected chi connectivity index (χ2v) is 5.34. The fourth-order valence-electron chi connectivity index (χ4n) is 2.25. The van der Waals surface area contributed by atoms with Crippen LogP contribution in [0.15, 0.2) is 51.5 Å². The molecule has 0 saturated carbocycles. The maximum Gasteiger partial charge on any atom is 0.348 e. The van der Waals surface area contributed by atoms with E-state index in [-0.39, 0.29) is 17.3 Å². The monoisotopic (exact) mass is 342 g/mol. The maximum atomic E-state index is 13.5. The summed E-state index contributed by atoms with van der Waals surface area (Å²) in [6.07, 6.45) is 1.54. The predicted octanol–water partition coefficient (Wildman–Crippen LogP) is 2.72. The third kappa shape index (κ3) is 3.57. The van der Waals surface area contributed by atoms with Crippen molar-refractivity contribution in [3.8, 4) is 0 Å². The van der Waals surface area contributed by atoms with Gasteiger partial charge in [0, 0.05) is 13.1 Å². The minimum atomic E-state index is -0.803. The summed E-state index contributed by atoms with van der Waals surface area (Å²) in [7, 11) is 1.58. The van der Waals surface area contributed by atoms with Crippen LogP contribution in [0, 0.1) is 12.7 Å². The van der Waals surface area contributed by atoms with Gasteiger partial charge >= 0.3 is 6.03 Å². The van der Waals surface area contributed by atoms with E-state index in [1.807, 2.05) is 0 Å². The number of hydrogen-bond acceptors (Lipinski definition) is 3. The van der Waals surface area contributed by atoms with E-state index in [1.54, 1.807) is 38.2 Å². The van der Waals surface area contributed by atoms with Crippen LogP contribution >= 0.6 is 0 Å². The molecule has 3 amide bonds. The summed E-state index contributed by atoms with van der Waals surface area (Å²) < 4.78 is 19.0. The number of furan rings is 1. The molecule has 0 bridgehead atoms. The van der Waals surface area contributed by atoms with Gasteiger partial charge in [0.25, 0.3) is 5.91 Å². The summed E-state index contributed by atoms with van der Waals surface area (Å²) >= 11 is 0. The Morgan fingerprint density at radius 1 is 1.32 bits per heavy atom. The van der Waals surface area contributed by atoms with Crippen LogP contribution < -0.4 is 10.6 Å². The van der Waals surface area contributed by atoms with E-state index in [9.17, 15) is 14.0 Å². The maximum absolute atomic E-state index is 13.5. The first-order valence-electron chi connectivity index (χ1n) is 7.41. The number of halogens is 1. The third-order valence-electron chi connectivity index (χ3n) is 3.50. The average molecular weight is 342 g/mol. The van der Waals surface area contributed by atoms with Crippen LogP contribution in [0.2, 0.25) is 0 Å². The number of urea groups is 1. The molecule has 2 heterocycles. The standard InChI is InChI=1S/C17H15FN4O3/c1-10-7-8-11(25-10)9-14-15(23)20-16(22(14)2)21-17(24)19-13-6-4-3-5-12(13)18/h3-9H,1-2H3,(H2,19,20,21,23,24)/b14-9-. The quantitative estimate of drug-likeness (QED) is 0.822. The fraction of sp³-hybridized carbons (Fsp3) is 0.118. The lowest BCUT2D eigenvalue weighted by Crippen LogP contribution is -2.29. The van der Waals surface area contributed by atoms with E-state index in [0.29, 0.717) is 11.5 Å². The topological polar surface area (TPSA) is 86.9 Å². The zero-order valence-electron chi connectivity index (χ0n) is 13.5. The summed E-state index contributed by atoms with van der Waals surface area (Å²) in [6, 6.07) is 8.42. The molecule has 0 radical (unpaired) electrons. The number of nitrogens with zero attached hydrogens (tertiary/aromatic N) is 2. The van der Waals surface area contributed by atoms with Crippen molar-refractivity contribution in [2.24, 2.45) is 4.99 Å². The predicted molar refractivity (Wildman–Crippen MR) is 90.2 cm³/mol. The first-order chi connectivity index (χ1) is 11.9. The SMILES string of the molecule is Cc1ccc(/C=C2/C(=O)N/C(=N\C(=O)Nc3ccccc3F)N2C)o1. The van der Waals surface area contributed by atoms with E-state index in [0.717, 1.165) is 0 Å². The van der Waals surface area contributed by atoms with Crippen molar-refractivity contribution in [2.45, 2.75) is 6.92 Å². The number of amides is 3. The Morgan fingerprint density at radius 2 is 2.08 bits per heavy atom. The van der Waals surface area contributed by atoms with Gasteiger partial charge in [0.2, 0.25) is 5.96 Å². The molecule has 2 aromatic rings. The molecule has 1 aromatic heterocycles. The van der Waals surface area contributed by atoms with Crippen LogP contribution in [-0.4, -0.2) is 29.8 Å². The largest absolute Gasteiger partial charge is 0.462 e. The Bertz CT molecular complexity index is 901. The fourth-order valence-corrected chi connectivity index (χ4v) is 2.25. The van der Waals surface area contributed by atoms with Crippen LogP contribution in [0.25, 0.3) is 6.08 Å². The lowest BCUT2D eigenvalue weighted by Gasteiger charge is -2.10. The highest BCUT2D eigenvalue weighted by Crippen LogP contribution is 2.17. The normalized spacial score (nSPS) is 17.2. The van der Waals surface area contributed by atoms with Crippen molar-refractivity contribution in [3.05, 3.63) is 59.4 Å². The Kier molecular flexibility index (Phi) is 4.34. The number of rotatable bonds is 2. The minimum Gasteiger partial charge on any atom is -0.462 e. The van der Waals surface area contributed by atoms with Crippen molar-refractivity contribution in [3.63, 3.8) is 0 Å². The first kappa shape index (κ1) is 16.4. The molecule has 7 nitrogen and oxygen atoms in total. The number of aliphatic imine (C=N–C) groups is 1. The van der Waals surface area contributed by atoms with Crippen LogP contribution in [0.1, 0.15) is 11.5 Å². The zero-order valence-corrected chi connectivity index (χ0v) is 13.5. The second-order valence-electron chi connectivity index (χ2n) is 5.34. The van der Waals surface area contributed by atoms with E-state index < -0.39 is 17.8 Å². The number of para-hydroxylation sites is 1. The van der Waals surface area contributed by atoms with Gasteiger partial charge in [-0.25, -0.2) is 9.18 Å². The van der Waals surface area contributed by atoms with Crippen LogP contribution in [0.5, 0.6) is 0 Å². The lowest BCUT2D eigenvalue weighted by atomic mass is 10.3. The molecule has 8 heteroatoms. The molecule has 1 saturated heterocycles. The molecule has 0 aliphatic carbocycles. The molecule has 1 aromatic carbocycles. The van der Waals surface area contributed by atoms with Crippen molar-refractivity contribution in [1.82, 2.24) is 10.2 Å². The van der Waals surface area contributed by atoms with Crippen molar-refractivity contribution in [2.75, 3.05) is 12.4 Å². The number of carbonyl (C=O) groups excluding carboxylic acids is 2. The van der Waals surface area contributed by atoms with Gasteiger partial charge in [-0.1, -0.05) is 12.1 Å². The number of benzene rings is 1. The van der Waals surface area contributed by atoms with E-state index in [4.69, 9.17) is 4.42 Å². The summed E-state index contributed by atoms with van der Waals surface area (Å²) in [5.41, 5.74) is 0.275. The number of carbonyl (C=O) groups is 2. The molecule has 1 fully saturated rings. The average Bonchev–Trinajstić information content (AvgIpc) is 3.08.